The molecule has 1 N–H and O–H groups in total. The number of aromatic nitrogens is 2. The summed E-state index contributed by atoms with van der Waals surface area (Å²) in [7, 11) is 0. The number of hydrogen-bond acceptors (Lipinski definition) is 4. The molecule has 4 aromatic rings. The van der Waals surface area contributed by atoms with Gasteiger partial charge in [-0.3, -0.25) is 0 Å². The van der Waals surface area contributed by atoms with Gasteiger partial charge in [0.05, 0.1) is 22.5 Å². The largest absolute Gasteiger partial charge is 0.478 e. The van der Waals surface area contributed by atoms with Crippen molar-refractivity contribution in [2.45, 2.75) is 44.8 Å². The van der Waals surface area contributed by atoms with Crippen molar-refractivity contribution in [2.24, 2.45) is 5.92 Å². The van der Waals surface area contributed by atoms with Crippen molar-refractivity contribution in [3.63, 3.8) is 0 Å². The first-order valence-corrected chi connectivity index (χ1v) is 14.6. The van der Waals surface area contributed by atoms with E-state index in [1.165, 1.54) is 0 Å². The van der Waals surface area contributed by atoms with Crippen molar-refractivity contribution in [3.8, 4) is 6.07 Å². The Hall–Kier alpha value is -4.25. The topological polar surface area (TPSA) is 88.1 Å². The first-order valence-electron chi connectivity index (χ1n) is 14.2. The van der Waals surface area contributed by atoms with E-state index in [2.05, 4.69) is 11.2 Å². The summed E-state index contributed by atoms with van der Waals surface area (Å²) < 4.78 is 23.0. The smallest absolute Gasteiger partial charge is 0.328 e. The van der Waals surface area contributed by atoms with Crippen LogP contribution in [0, 0.1) is 23.2 Å². The van der Waals surface area contributed by atoms with Gasteiger partial charge in [0.2, 0.25) is 5.95 Å². The second kappa shape index (κ2) is 11.9. The lowest BCUT2D eigenvalue weighted by Crippen LogP contribution is -2.19. The average Bonchev–Trinajstić information content (AvgIpc) is 3.31. The van der Waals surface area contributed by atoms with Crippen LogP contribution in [0.4, 0.5) is 4.39 Å². The van der Waals surface area contributed by atoms with Crippen LogP contribution in [0.5, 0.6) is 0 Å². The number of nitrogens with zero attached hydrogens (tertiary/aromatic N) is 3. The third-order valence-electron chi connectivity index (χ3n) is 8.17. The minimum atomic E-state index is -1.02. The highest BCUT2D eigenvalue weighted by atomic mass is 35.5. The molecule has 1 atom stereocenters. The Balaban J connectivity index is 1.56. The van der Waals surface area contributed by atoms with Crippen LogP contribution in [-0.4, -0.2) is 27.5 Å². The molecule has 6 nitrogen and oxygen atoms in total. The maximum absolute atomic E-state index is 15.4. The molecule has 212 valence electrons. The Kier molecular flexibility index (Phi) is 7.92. The van der Waals surface area contributed by atoms with Crippen LogP contribution in [0.3, 0.4) is 0 Å². The first-order chi connectivity index (χ1) is 20.4. The fourth-order valence-electron chi connectivity index (χ4n) is 5.86. The van der Waals surface area contributed by atoms with Crippen molar-refractivity contribution in [1.82, 2.24) is 9.78 Å². The molecule has 1 unspecified atom stereocenters. The molecule has 0 radical (unpaired) electrons. The highest BCUT2D eigenvalue weighted by Crippen LogP contribution is 2.47. The van der Waals surface area contributed by atoms with E-state index >= 15 is 4.39 Å². The highest BCUT2D eigenvalue weighted by Gasteiger charge is 2.29. The lowest BCUT2D eigenvalue weighted by molar-refractivity contribution is -0.131. The molecule has 1 saturated heterocycles. The van der Waals surface area contributed by atoms with Gasteiger partial charge in [0.25, 0.3) is 0 Å². The lowest BCUT2D eigenvalue weighted by Gasteiger charge is -2.32. The number of benzene rings is 3. The lowest BCUT2D eigenvalue weighted by atomic mass is 9.73. The van der Waals surface area contributed by atoms with Gasteiger partial charge in [0.1, 0.15) is 0 Å². The molecule has 1 aliphatic carbocycles. The molecule has 8 heteroatoms. The summed E-state index contributed by atoms with van der Waals surface area (Å²) in [6.07, 6.45) is 8.21. The number of fused-ring (bicyclic) bond motifs is 1. The fourth-order valence-corrected chi connectivity index (χ4v) is 6.14. The van der Waals surface area contributed by atoms with Crippen LogP contribution in [0.2, 0.25) is 5.02 Å². The van der Waals surface area contributed by atoms with Gasteiger partial charge in [-0.2, -0.15) is 9.65 Å². The maximum atomic E-state index is 15.4. The van der Waals surface area contributed by atoms with E-state index in [1.807, 2.05) is 48.5 Å². The summed E-state index contributed by atoms with van der Waals surface area (Å²) in [5, 5.41) is 23.6. The molecule has 6 rings (SSSR count). The van der Waals surface area contributed by atoms with Crippen LogP contribution in [0.15, 0.2) is 66.7 Å². The Bertz CT molecular complexity index is 1760. The van der Waals surface area contributed by atoms with Crippen LogP contribution >= 0.6 is 11.6 Å². The van der Waals surface area contributed by atoms with E-state index in [4.69, 9.17) is 21.4 Å². The number of halogens is 2. The third kappa shape index (κ3) is 5.48. The van der Waals surface area contributed by atoms with Gasteiger partial charge in [-0.1, -0.05) is 54.4 Å². The quantitative estimate of drug-likeness (QED) is 0.175. The Morgan fingerprint density at radius 2 is 1.83 bits per heavy atom. The number of carboxylic acids is 1. The standard InChI is InChI=1S/C34H29ClFN3O3/c35-28-18-22(20-37)9-14-26(28)33(23-4-3-5-23)32(24-11-7-21(8-12-24)10-16-31(40)41)25-13-15-29-27(19-25)34(36)38-39(29)30-6-1-2-17-42-30/h7-16,18-19,23,30H,1-6,17H2,(H,40,41)/b16-10?,33-32+. The normalized spacial score (nSPS) is 18.1. The van der Waals surface area contributed by atoms with E-state index in [0.29, 0.717) is 28.1 Å². The van der Waals surface area contributed by atoms with Gasteiger partial charge in [-0.15, -0.1) is 5.10 Å². The predicted octanol–water partition coefficient (Wildman–Crippen LogP) is 8.26. The van der Waals surface area contributed by atoms with Gasteiger partial charge in [0.15, 0.2) is 6.23 Å². The number of aliphatic carboxylic acids is 1. The van der Waals surface area contributed by atoms with Gasteiger partial charge in [-0.25, -0.2) is 9.48 Å². The molecule has 0 spiro atoms. The molecule has 2 fully saturated rings. The number of hydrogen-bond donors (Lipinski definition) is 1. The molecule has 2 aliphatic rings. The molecule has 2 heterocycles. The molecule has 1 aromatic heterocycles. The molecular formula is C34H29ClFN3O3. The van der Waals surface area contributed by atoms with E-state index < -0.39 is 11.9 Å². The van der Waals surface area contributed by atoms with E-state index in [9.17, 15) is 10.1 Å². The van der Waals surface area contributed by atoms with E-state index in [0.717, 1.165) is 78.0 Å². The molecule has 42 heavy (non-hydrogen) atoms. The van der Waals surface area contributed by atoms with Crippen molar-refractivity contribution >= 4 is 45.7 Å². The maximum Gasteiger partial charge on any atom is 0.328 e. The van der Waals surface area contributed by atoms with Crippen molar-refractivity contribution in [2.75, 3.05) is 6.61 Å². The number of nitriles is 1. The first kappa shape index (κ1) is 27.9. The summed E-state index contributed by atoms with van der Waals surface area (Å²) in [5.74, 6) is -1.33. The van der Waals surface area contributed by atoms with Crippen LogP contribution < -0.4 is 0 Å². The van der Waals surface area contributed by atoms with Crippen LogP contribution in [0.1, 0.15) is 72.6 Å². The number of ether oxygens (including phenoxy) is 1. The second-order valence-electron chi connectivity index (χ2n) is 10.8. The van der Waals surface area contributed by atoms with Gasteiger partial charge < -0.3 is 9.84 Å². The molecule has 0 bridgehead atoms. The fraction of sp³-hybridized carbons (Fsp3) is 0.265. The van der Waals surface area contributed by atoms with Crippen molar-refractivity contribution in [3.05, 3.63) is 106 Å². The molecule has 1 aliphatic heterocycles. The predicted molar refractivity (Wildman–Crippen MR) is 161 cm³/mol. The van der Waals surface area contributed by atoms with Gasteiger partial charge in [0, 0.05) is 17.7 Å². The zero-order valence-corrected chi connectivity index (χ0v) is 23.6. The van der Waals surface area contributed by atoms with E-state index in [1.54, 1.807) is 22.9 Å². The summed E-state index contributed by atoms with van der Waals surface area (Å²) in [6.45, 7) is 0.631. The summed E-state index contributed by atoms with van der Waals surface area (Å²) in [6, 6.07) is 20.9. The van der Waals surface area contributed by atoms with E-state index in [-0.39, 0.29) is 12.1 Å². The van der Waals surface area contributed by atoms with Gasteiger partial charge >= 0.3 is 5.97 Å². The summed E-state index contributed by atoms with van der Waals surface area (Å²) in [5.41, 5.74) is 6.44. The Labute approximate surface area is 248 Å². The summed E-state index contributed by atoms with van der Waals surface area (Å²) in [4.78, 5) is 11.0. The highest BCUT2D eigenvalue weighted by molar-refractivity contribution is 6.33. The second-order valence-corrected chi connectivity index (χ2v) is 11.2. The third-order valence-corrected chi connectivity index (χ3v) is 8.48. The molecule has 1 saturated carbocycles. The zero-order valence-electron chi connectivity index (χ0n) is 22.9. The molecule has 0 amide bonds. The van der Waals surface area contributed by atoms with Crippen molar-refractivity contribution in [1.29, 1.82) is 5.26 Å². The SMILES string of the molecule is N#Cc1ccc(/C(=C(\c2ccc(C=CC(=O)O)cc2)c2ccc3c(c2)c(F)nn3C2CCCCO2)C2CCC2)c(Cl)c1. The van der Waals surface area contributed by atoms with Gasteiger partial charge in [-0.05, 0) is 102 Å². The molecule has 3 aromatic carbocycles. The summed E-state index contributed by atoms with van der Waals surface area (Å²) >= 11 is 6.82. The van der Waals surface area contributed by atoms with Crippen LogP contribution in [-0.2, 0) is 9.53 Å². The van der Waals surface area contributed by atoms with Crippen LogP contribution in [0.25, 0.3) is 28.1 Å². The number of allylic oxidation sites excluding steroid dienone is 1. The monoisotopic (exact) mass is 581 g/mol. The zero-order chi connectivity index (χ0) is 29.2. The minimum absolute atomic E-state index is 0.232. The molecular weight excluding hydrogens is 553 g/mol. The average molecular weight is 582 g/mol. The minimum Gasteiger partial charge on any atom is -0.478 e. The Morgan fingerprint density at radius 3 is 2.48 bits per heavy atom. The number of carboxylic acid groups (broad SMARTS) is 1. The number of rotatable bonds is 7. The number of carbonyl (C=O) groups is 1. The Morgan fingerprint density at radius 1 is 1.05 bits per heavy atom. The van der Waals surface area contributed by atoms with Crippen molar-refractivity contribution < 1.29 is 19.0 Å².